The van der Waals surface area contributed by atoms with Gasteiger partial charge in [-0.25, -0.2) is 0 Å². The van der Waals surface area contributed by atoms with Crippen molar-refractivity contribution in [2.75, 3.05) is 26.3 Å². The summed E-state index contributed by atoms with van der Waals surface area (Å²) in [5, 5.41) is 3.37. The predicted octanol–water partition coefficient (Wildman–Crippen LogP) is 0.622. The van der Waals surface area contributed by atoms with Crippen LogP contribution in [0.4, 0.5) is 0 Å². The largest absolute Gasteiger partial charge is 0.371 e. The van der Waals surface area contributed by atoms with E-state index >= 15 is 0 Å². The fraction of sp³-hybridized carbons (Fsp3) is 0.917. The summed E-state index contributed by atoms with van der Waals surface area (Å²) >= 11 is 0. The Labute approximate surface area is 97.3 Å². The van der Waals surface area contributed by atoms with Gasteiger partial charge in [-0.1, -0.05) is 0 Å². The molecule has 1 aliphatic heterocycles. The second-order valence-electron chi connectivity index (χ2n) is 5.03. The van der Waals surface area contributed by atoms with Crippen molar-refractivity contribution in [2.24, 2.45) is 5.92 Å². The van der Waals surface area contributed by atoms with Gasteiger partial charge in [0.1, 0.15) is 6.61 Å². The molecule has 0 aromatic rings. The molecule has 4 nitrogen and oxygen atoms in total. The van der Waals surface area contributed by atoms with E-state index in [0.29, 0.717) is 6.04 Å². The van der Waals surface area contributed by atoms with Crippen molar-refractivity contribution in [1.82, 2.24) is 10.2 Å². The highest BCUT2D eigenvalue weighted by Gasteiger charge is 2.28. The van der Waals surface area contributed by atoms with Crippen molar-refractivity contribution in [2.45, 2.75) is 38.8 Å². The molecule has 0 bridgehead atoms. The van der Waals surface area contributed by atoms with E-state index in [1.165, 1.54) is 12.8 Å². The third-order valence-electron chi connectivity index (χ3n) is 3.63. The molecule has 0 spiro atoms. The van der Waals surface area contributed by atoms with Crippen LogP contribution in [-0.4, -0.2) is 49.2 Å². The summed E-state index contributed by atoms with van der Waals surface area (Å²) in [7, 11) is 0. The lowest BCUT2D eigenvalue weighted by molar-refractivity contribution is -0.140. The maximum absolute atomic E-state index is 11.9. The van der Waals surface area contributed by atoms with Gasteiger partial charge in [-0.3, -0.25) is 4.79 Å². The molecule has 1 saturated heterocycles. The Bertz CT molecular complexity index is 253. The van der Waals surface area contributed by atoms with Crippen LogP contribution in [0.15, 0.2) is 0 Å². The van der Waals surface area contributed by atoms with E-state index in [0.717, 1.165) is 25.6 Å². The summed E-state index contributed by atoms with van der Waals surface area (Å²) in [6.07, 6.45) is 2.55. The topological polar surface area (TPSA) is 41.6 Å². The lowest BCUT2D eigenvalue weighted by Crippen LogP contribution is -2.57. The van der Waals surface area contributed by atoms with Crippen LogP contribution in [0.1, 0.15) is 26.7 Å². The van der Waals surface area contributed by atoms with Crippen LogP contribution in [0.2, 0.25) is 0 Å². The number of hydrogen-bond donors (Lipinski definition) is 1. The molecule has 0 aromatic carbocycles. The second-order valence-corrected chi connectivity index (χ2v) is 5.03. The third-order valence-corrected chi connectivity index (χ3v) is 3.63. The van der Waals surface area contributed by atoms with Crippen LogP contribution >= 0.6 is 0 Å². The molecule has 16 heavy (non-hydrogen) atoms. The number of nitrogens with one attached hydrogen (secondary N) is 1. The Balaban J connectivity index is 1.73. The van der Waals surface area contributed by atoms with Crippen molar-refractivity contribution < 1.29 is 9.53 Å². The van der Waals surface area contributed by atoms with Gasteiger partial charge in [-0.05, 0) is 32.6 Å². The van der Waals surface area contributed by atoms with Crippen molar-refractivity contribution in [3.8, 4) is 0 Å². The molecule has 1 heterocycles. The van der Waals surface area contributed by atoms with Crippen LogP contribution in [-0.2, 0) is 9.53 Å². The molecule has 4 heteroatoms. The molecule has 1 N–H and O–H groups in total. The van der Waals surface area contributed by atoms with Gasteiger partial charge in [0.05, 0.1) is 6.61 Å². The lowest BCUT2D eigenvalue weighted by Gasteiger charge is -2.38. The fourth-order valence-corrected chi connectivity index (χ4v) is 2.09. The summed E-state index contributed by atoms with van der Waals surface area (Å²) in [5.41, 5.74) is 0. The molecule has 2 unspecified atom stereocenters. The highest BCUT2D eigenvalue weighted by atomic mass is 16.5. The van der Waals surface area contributed by atoms with Crippen LogP contribution in [0.25, 0.3) is 0 Å². The normalized spacial score (nSPS) is 30.5. The number of rotatable bonds is 4. The first-order valence-electron chi connectivity index (χ1n) is 6.29. The molecular weight excluding hydrogens is 204 g/mol. The number of piperazine rings is 1. The number of hydrogen-bond acceptors (Lipinski definition) is 3. The number of ether oxygens (including phenoxy) is 1. The Morgan fingerprint density at radius 2 is 2.19 bits per heavy atom. The highest BCUT2D eigenvalue weighted by Crippen LogP contribution is 2.28. The summed E-state index contributed by atoms with van der Waals surface area (Å²) in [4.78, 5) is 13.9. The van der Waals surface area contributed by atoms with Crippen LogP contribution in [0, 0.1) is 5.92 Å². The SMILES string of the molecule is CC1NCCN(C(=O)COCC2CC2)C1C. The van der Waals surface area contributed by atoms with Gasteiger partial charge in [-0.2, -0.15) is 0 Å². The van der Waals surface area contributed by atoms with Gasteiger partial charge in [-0.15, -0.1) is 0 Å². The van der Waals surface area contributed by atoms with E-state index in [1.807, 2.05) is 4.90 Å². The average molecular weight is 226 g/mol. The molecule has 2 rings (SSSR count). The predicted molar refractivity (Wildman–Crippen MR) is 62.2 cm³/mol. The van der Waals surface area contributed by atoms with Gasteiger partial charge in [0, 0.05) is 25.2 Å². The van der Waals surface area contributed by atoms with E-state index in [9.17, 15) is 4.79 Å². The van der Waals surface area contributed by atoms with Crippen molar-refractivity contribution in [3.63, 3.8) is 0 Å². The minimum Gasteiger partial charge on any atom is -0.371 e. The minimum absolute atomic E-state index is 0.140. The Morgan fingerprint density at radius 1 is 1.44 bits per heavy atom. The smallest absolute Gasteiger partial charge is 0.248 e. The zero-order valence-corrected chi connectivity index (χ0v) is 10.2. The molecule has 2 aliphatic rings. The first-order valence-corrected chi connectivity index (χ1v) is 6.29. The van der Waals surface area contributed by atoms with E-state index in [4.69, 9.17) is 4.74 Å². The molecule has 92 valence electrons. The maximum atomic E-state index is 11.9. The third kappa shape index (κ3) is 2.95. The van der Waals surface area contributed by atoms with Crippen LogP contribution in [0.3, 0.4) is 0 Å². The van der Waals surface area contributed by atoms with Crippen molar-refractivity contribution in [3.05, 3.63) is 0 Å². The maximum Gasteiger partial charge on any atom is 0.248 e. The molecule has 1 amide bonds. The summed E-state index contributed by atoms with van der Waals surface area (Å²) in [5.74, 6) is 0.869. The van der Waals surface area contributed by atoms with Gasteiger partial charge < -0.3 is 15.0 Å². The number of nitrogens with zero attached hydrogens (tertiary/aromatic N) is 1. The van der Waals surface area contributed by atoms with Crippen molar-refractivity contribution in [1.29, 1.82) is 0 Å². The Kier molecular flexibility index (Phi) is 3.82. The van der Waals surface area contributed by atoms with Crippen molar-refractivity contribution >= 4 is 5.91 Å². The molecule has 0 aromatic heterocycles. The van der Waals surface area contributed by atoms with Gasteiger partial charge >= 0.3 is 0 Å². The van der Waals surface area contributed by atoms with Crippen LogP contribution < -0.4 is 5.32 Å². The van der Waals surface area contributed by atoms with Crippen LogP contribution in [0.5, 0.6) is 0 Å². The van der Waals surface area contributed by atoms with Gasteiger partial charge in [0.2, 0.25) is 5.91 Å². The lowest BCUT2D eigenvalue weighted by atomic mass is 10.1. The summed E-state index contributed by atoms with van der Waals surface area (Å²) in [6.45, 7) is 6.93. The second kappa shape index (κ2) is 5.15. The average Bonchev–Trinajstić information content (AvgIpc) is 3.06. The van der Waals surface area contributed by atoms with E-state index < -0.39 is 0 Å². The molecular formula is C12H22N2O2. The zero-order valence-electron chi connectivity index (χ0n) is 10.2. The monoisotopic (exact) mass is 226 g/mol. The summed E-state index contributed by atoms with van der Waals surface area (Å²) < 4.78 is 5.44. The number of carbonyl (C=O) groups is 1. The van der Waals surface area contributed by atoms with E-state index in [2.05, 4.69) is 19.2 Å². The Morgan fingerprint density at radius 3 is 2.88 bits per heavy atom. The van der Waals surface area contributed by atoms with E-state index in [1.54, 1.807) is 0 Å². The number of carbonyl (C=O) groups excluding carboxylic acids is 1. The molecule has 1 aliphatic carbocycles. The first kappa shape index (κ1) is 11.9. The van der Waals surface area contributed by atoms with Gasteiger partial charge in [0.25, 0.3) is 0 Å². The molecule has 2 fully saturated rings. The highest BCUT2D eigenvalue weighted by molar-refractivity contribution is 5.78. The minimum atomic E-state index is 0.140. The zero-order chi connectivity index (χ0) is 11.5. The first-order chi connectivity index (χ1) is 7.68. The van der Waals surface area contributed by atoms with E-state index in [-0.39, 0.29) is 18.6 Å². The standard InChI is InChI=1S/C12H22N2O2/c1-9-10(2)14(6-5-13-9)12(15)8-16-7-11-3-4-11/h9-11,13H,3-8H2,1-2H3. The number of amides is 1. The fourth-order valence-electron chi connectivity index (χ4n) is 2.09. The molecule has 1 saturated carbocycles. The summed E-state index contributed by atoms with van der Waals surface area (Å²) in [6, 6.07) is 0.645. The molecule has 0 radical (unpaired) electrons. The quantitative estimate of drug-likeness (QED) is 0.764. The molecule has 2 atom stereocenters. The Hall–Kier alpha value is -0.610. The van der Waals surface area contributed by atoms with Gasteiger partial charge in [0.15, 0.2) is 0 Å².